The van der Waals surface area contributed by atoms with E-state index in [0.717, 1.165) is 11.8 Å². The molecule has 0 saturated carbocycles. The van der Waals surface area contributed by atoms with Crippen LogP contribution < -0.4 is 5.32 Å². The Labute approximate surface area is 149 Å². The highest BCUT2D eigenvalue weighted by Gasteiger charge is 2.39. The van der Waals surface area contributed by atoms with Crippen molar-refractivity contribution in [3.8, 4) is 0 Å². The Morgan fingerprint density at radius 1 is 1.04 bits per heavy atom. The monoisotopic (exact) mass is 374 g/mol. The zero-order chi connectivity index (χ0) is 18.9. The molecule has 1 aliphatic rings. The highest BCUT2D eigenvalue weighted by Crippen LogP contribution is 2.26. The molecule has 0 spiro atoms. The maximum Gasteiger partial charge on any atom is 0.287 e. The molecule has 2 aromatic rings. The Morgan fingerprint density at radius 3 is 2.35 bits per heavy atom. The Hall–Kier alpha value is -3.04. The van der Waals surface area contributed by atoms with Gasteiger partial charge in [0.25, 0.3) is 21.9 Å². The van der Waals surface area contributed by atoms with Gasteiger partial charge < -0.3 is 5.32 Å². The second-order valence-corrected chi connectivity index (χ2v) is 7.21. The lowest BCUT2D eigenvalue weighted by Gasteiger charge is -2.09. The predicted octanol–water partition coefficient (Wildman–Crippen LogP) is 1.35. The lowest BCUT2D eigenvalue weighted by Crippen LogP contribution is -2.32. The number of amides is 3. The van der Waals surface area contributed by atoms with Gasteiger partial charge in [-0.25, -0.2) is 0 Å². The number of carbonyl (C=O) groups excluding carboxylic acids is 3. The molecule has 0 fully saturated rings. The molecule has 3 amide bonds. The van der Waals surface area contributed by atoms with Gasteiger partial charge in [0.05, 0.1) is 23.8 Å². The summed E-state index contributed by atoms with van der Waals surface area (Å²) in [5, 5.41) is 2.83. The number of rotatable bonds is 5. The summed E-state index contributed by atoms with van der Waals surface area (Å²) in [6.07, 6.45) is 0.875. The lowest BCUT2D eigenvalue weighted by atomic mass is 10.1. The zero-order valence-corrected chi connectivity index (χ0v) is 14.4. The average Bonchev–Trinajstić information content (AvgIpc) is 2.79. The highest BCUT2D eigenvalue weighted by atomic mass is 32.2. The van der Waals surface area contributed by atoms with E-state index in [1.54, 1.807) is 0 Å². The van der Waals surface area contributed by atoms with Crippen molar-refractivity contribution in [3.63, 3.8) is 0 Å². The van der Waals surface area contributed by atoms with E-state index >= 15 is 0 Å². The normalized spacial score (nSPS) is 13.7. The summed E-state index contributed by atoms with van der Waals surface area (Å²) in [6.45, 7) is 0. The van der Waals surface area contributed by atoms with Crippen molar-refractivity contribution in [1.82, 2.24) is 5.06 Å². The molecule has 0 radical (unpaired) electrons. The quantitative estimate of drug-likeness (QED) is 0.791. The van der Waals surface area contributed by atoms with Crippen LogP contribution in [0.25, 0.3) is 0 Å². The van der Waals surface area contributed by atoms with Crippen LogP contribution in [0.3, 0.4) is 0 Å². The van der Waals surface area contributed by atoms with E-state index in [2.05, 4.69) is 9.60 Å². The Morgan fingerprint density at radius 2 is 1.69 bits per heavy atom. The van der Waals surface area contributed by atoms with Crippen LogP contribution in [0.2, 0.25) is 0 Å². The van der Waals surface area contributed by atoms with Crippen molar-refractivity contribution in [2.24, 2.45) is 0 Å². The minimum atomic E-state index is -4.04. The SMILES string of the molecule is CS(=O)(=O)ON1C(=O)c2ccc(NC(=O)Cc3ccccc3)cc2C1=O. The Balaban J connectivity index is 1.77. The van der Waals surface area contributed by atoms with Gasteiger partial charge in [-0.15, -0.1) is 9.35 Å². The van der Waals surface area contributed by atoms with Crippen molar-refractivity contribution in [2.75, 3.05) is 11.6 Å². The smallest absolute Gasteiger partial charge is 0.287 e. The molecule has 0 unspecified atom stereocenters. The minimum absolute atomic E-state index is 0.000270. The summed E-state index contributed by atoms with van der Waals surface area (Å²) in [5.74, 6) is -2.08. The van der Waals surface area contributed by atoms with Crippen LogP contribution in [0.5, 0.6) is 0 Å². The van der Waals surface area contributed by atoms with Crippen LogP contribution >= 0.6 is 0 Å². The van der Waals surface area contributed by atoms with E-state index in [9.17, 15) is 22.8 Å². The molecule has 3 rings (SSSR count). The number of imide groups is 1. The summed E-state index contributed by atoms with van der Waals surface area (Å²) in [7, 11) is -4.04. The maximum absolute atomic E-state index is 12.2. The molecule has 1 aliphatic heterocycles. The van der Waals surface area contributed by atoms with E-state index in [-0.39, 0.29) is 28.5 Å². The Kier molecular flexibility index (Phi) is 4.58. The first-order chi connectivity index (χ1) is 12.2. The number of hydrogen-bond donors (Lipinski definition) is 1. The van der Waals surface area contributed by atoms with Crippen LogP contribution in [-0.4, -0.2) is 37.5 Å². The minimum Gasteiger partial charge on any atom is -0.326 e. The molecular formula is C17H14N2O6S. The molecule has 8 nitrogen and oxygen atoms in total. The molecule has 134 valence electrons. The molecule has 0 bridgehead atoms. The fraction of sp³-hybridized carbons (Fsp3) is 0.118. The molecule has 1 heterocycles. The zero-order valence-electron chi connectivity index (χ0n) is 13.6. The third-order valence-corrected chi connectivity index (χ3v) is 3.97. The summed E-state index contributed by atoms with van der Waals surface area (Å²) in [4.78, 5) is 36.4. The molecule has 0 aliphatic carbocycles. The molecule has 1 N–H and O–H groups in total. The van der Waals surface area contributed by atoms with E-state index in [4.69, 9.17) is 0 Å². The number of nitrogens with zero attached hydrogens (tertiary/aromatic N) is 1. The van der Waals surface area contributed by atoms with Gasteiger partial charge in [-0.1, -0.05) is 30.3 Å². The van der Waals surface area contributed by atoms with Crippen molar-refractivity contribution in [3.05, 3.63) is 65.2 Å². The maximum atomic E-state index is 12.2. The molecule has 26 heavy (non-hydrogen) atoms. The number of hydroxylamine groups is 2. The third-order valence-electron chi connectivity index (χ3n) is 3.55. The van der Waals surface area contributed by atoms with Gasteiger partial charge in [0, 0.05) is 5.69 Å². The van der Waals surface area contributed by atoms with Crippen LogP contribution in [-0.2, 0) is 25.6 Å². The highest BCUT2D eigenvalue weighted by molar-refractivity contribution is 7.85. The molecule has 9 heteroatoms. The number of nitrogens with one attached hydrogen (secondary N) is 1. The topological polar surface area (TPSA) is 110 Å². The molecule has 0 aromatic heterocycles. The summed E-state index contributed by atoms with van der Waals surface area (Å²) < 4.78 is 26.8. The van der Waals surface area contributed by atoms with Gasteiger partial charge in [0.2, 0.25) is 5.91 Å². The number of hydrogen-bond acceptors (Lipinski definition) is 6. The molecule has 2 aromatic carbocycles. The van der Waals surface area contributed by atoms with Gasteiger partial charge >= 0.3 is 0 Å². The Bertz CT molecular complexity index is 1000. The van der Waals surface area contributed by atoms with E-state index < -0.39 is 21.9 Å². The molecule has 0 saturated heterocycles. The van der Waals surface area contributed by atoms with Gasteiger partial charge in [0.1, 0.15) is 0 Å². The van der Waals surface area contributed by atoms with E-state index in [1.165, 1.54) is 18.2 Å². The van der Waals surface area contributed by atoms with Gasteiger partial charge in [-0.3, -0.25) is 14.4 Å². The second kappa shape index (κ2) is 6.70. The van der Waals surface area contributed by atoms with E-state index in [0.29, 0.717) is 5.69 Å². The van der Waals surface area contributed by atoms with Crippen LogP contribution in [0, 0.1) is 0 Å². The molecular weight excluding hydrogens is 360 g/mol. The first-order valence-corrected chi connectivity index (χ1v) is 9.32. The van der Waals surface area contributed by atoms with Crippen molar-refractivity contribution < 1.29 is 27.1 Å². The van der Waals surface area contributed by atoms with E-state index in [1.807, 2.05) is 30.3 Å². The van der Waals surface area contributed by atoms with Crippen LogP contribution in [0.1, 0.15) is 26.3 Å². The fourth-order valence-electron chi connectivity index (χ4n) is 2.49. The number of fused-ring (bicyclic) bond motifs is 1. The average molecular weight is 374 g/mol. The van der Waals surface area contributed by atoms with Crippen molar-refractivity contribution in [2.45, 2.75) is 6.42 Å². The fourth-order valence-corrected chi connectivity index (χ4v) is 2.89. The first-order valence-electron chi connectivity index (χ1n) is 7.51. The van der Waals surface area contributed by atoms with Gasteiger partial charge in [-0.05, 0) is 23.8 Å². The number of anilines is 1. The van der Waals surface area contributed by atoms with Gasteiger partial charge in [0.15, 0.2) is 0 Å². The van der Waals surface area contributed by atoms with Crippen LogP contribution in [0.15, 0.2) is 48.5 Å². The summed E-state index contributed by atoms with van der Waals surface area (Å²) in [5.41, 5.74) is 1.09. The summed E-state index contributed by atoms with van der Waals surface area (Å²) in [6, 6.07) is 13.2. The number of carbonyl (C=O) groups is 3. The van der Waals surface area contributed by atoms with Crippen LogP contribution in [0.4, 0.5) is 5.69 Å². The first kappa shape index (κ1) is 17.8. The summed E-state index contributed by atoms with van der Waals surface area (Å²) >= 11 is 0. The standard InChI is InChI=1S/C17H14N2O6S/c1-26(23,24)25-19-16(21)13-8-7-12(10-14(13)17(19)22)18-15(20)9-11-5-3-2-4-6-11/h2-8,10H,9H2,1H3,(H,18,20). The van der Waals surface area contributed by atoms with Crippen molar-refractivity contribution >= 4 is 33.5 Å². The number of benzene rings is 2. The lowest BCUT2D eigenvalue weighted by molar-refractivity contribution is -0.115. The van der Waals surface area contributed by atoms with Gasteiger partial charge in [-0.2, -0.15) is 8.42 Å². The largest absolute Gasteiger partial charge is 0.326 e. The predicted molar refractivity (Wildman–Crippen MR) is 91.6 cm³/mol. The van der Waals surface area contributed by atoms with Crippen molar-refractivity contribution in [1.29, 1.82) is 0 Å². The molecule has 0 atom stereocenters. The third kappa shape index (κ3) is 3.79. The second-order valence-electron chi connectivity index (χ2n) is 5.65.